The number of rotatable bonds is 7. The Balaban J connectivity index is 2.68. The molecule has 1 atom stereocenters. The first-order valence-corrected chi connectivity index (χ1v) is 8.93. The van der Waals surface area contributed by atoms with Crippen LogP contribution in [-0.4, -0.2) is 19.9 Å². The van der Waals surface area contributed by atoms with Crippen molar-refractivity contribution in [1.29, 1.82) is 0 Å². The van der Waals surface area contributed by atoms with Crippen molar-refractivity contribution < 1.29 is 8.42 Å². The van der Waals surface area contributed by atoms with E-state index in [9.17, 15) is 8.42 Å². The number of nitrogens with one attached hydrogen (secondary N) is 1. The molecule has 1 aromatic rings. The van der Waals surface area contributed by atoms with Gasteiger partial charge in [0.1, 0.15) is 9.84 Å². The Labute approximate surface area is 123 Å². The first-order valence-electron chi connectivity index (χ1n) is 6.32. The lowest BCUT2D eigenvalue weighted by atomic mass is 9.98. The van der Waals surface area contributed by atoms with Gasteiger partial charge in [-0.2, -0.15) is 0 Å². The zero-order chi connectivity index (χ0) is 14.5. The summed E-state index contributed by atoms with van der Waals surface area (Å²) in [7, 11) is -2.90. The number of benzene rings is 1. The van der Waals surface area contributed by atoms with E-state index in [1.807, 2.05) is 25.1 Å². The van der Waals surface area contributed by atoms with Gasteiger partial charge in [-0.1, -0.05) is 28.9 Å². The average Bonchev–Trinajstić information content (AvgIpc) is 2.36. The predicted octanol–water partition coefficient (Wildman–Crippen LogP) is 2.48. The van der Waals surface area contributed by atoms with Gasteiger partial charge in [-0.05, 0) is 43.0 Å². The van der Waals surface area contributed by atoms with Crippen molar-refractivity contribution >= 4 is 25.8 Å². The topological polar surface area (TPSA) is 72.2 Å². The zero-order valence-corrected chi connectivity index (χ0v) is 13.7. The summed E-state index contributed by atoms with van der Waals surface area (Å²) in [5.74, 6) is 6.00. The van der Waals surface area contributed by atoms with Gasteiger partial charge in [0, 0.05) is 16.3 Å². The molecule has 0 spiro atoms. The molecule has 0 aliphatic heterocycles. The molecule has 0 aliphatic carbocycles. The van der Waals surface area contributed by atoms with Crippen LogP contribution in [0.4, 0.5) is 0 Å². The molecule has 1 rings (SSSR count). The minimum absolute atomic E-state index is 0.0137. The van der Waals surface area contributed by atoms with E-state index < -0.39 is 9.84 Å². The van der Waals surface area contributed by atoms with E-state index in [4.69, 9.17) is 5.84 Å². The molecule has 19 heavy (non-hydrogen) atoms. The first kappa shape index (κ1) is 16.6. The lowest BCUT2D eigenvalue weighted by Gasteiger charge is -2.18. The summed E-state index contributed by atoms with van der Waals surface area (Å²) in [6, 6.07) is 6.00. The Hall–Kier alpha value is -0.430. The molecule has 0 saturated heterocycles. The predicted molar refractivity (Wildman–Crippen MR) is 82.5 cm³/mol. The fourth-order valence-corrected chi connectivity index (χ4v) is 3.38. The van der Waals surface area contributed by atoms with Crippen molar-refractivity contribution in [3.8, 4) is 0 Å². The fraction of sp³-hybridized carbons (Fsp3) is 0.538. The number of hydrazine groups is 1. The van der Waals surface area contributed by atoms with Gasteiger partial charge in [-0.3, -0.25) is 11.3 Å². The van der Waals surface area contributed by atoms with Gasteiger partial charge in [0.25, 0.3) is 0 Å². The molecule has 0 radical (unpaired) electrons. The molecule has 0 aliphatic rings. The lowest BCUT2D eigenvalue weighted by molar-refractivity contribution is 0.505. The second-order valence-corrected chi connectivity index (χ2v) is 7.99. The highest BCUT2D eigenvalue weighted by Crippen LogP contribution is 2.24. The standard InChI is InChI=1S/C13H21BrN2O2S/c1-3-19(17,18)8-4-5-13(16-15)12-7-6-11(14)9-10(12)2/h6-7,9,13,16H,3-5,8,15H2,1-2H3. The van der Waals surface area contributed by atoms with E-state index in [2.05, 4.69) is 21.4 Å². The summed E-state index contributed by atoms with van der Waals surface area (Å²) in [6.07, 6.45) is 1.32. The Morgan fingerprint density at radius 2 is 2.11 bits per heavy atom. The minimum Gasteiger partial charge on any atom is -0.271 e. The Morgan fingerprint density at radius 3 is 2.63 bits per heavy atom. The molecule has 4 nitrogen and oxygen atoms in total. The molecule has 0 saturated carbocycles. The third kappa shape index (κ3) is 5.22. The molecule has 6 heteroatoms. The van der Waals surface area contributed by atoms with Crippen LogP contribution in [0.2, 0.25) is 0 Å². The second-order valence-electron chi connectivity index (χ2n) is 4.60. The summed E-state index contributed by atoms with van der Waals surface area (Å²) in [6.45, 7) is 3.69. The van der Waals surface area contributed by atoms with Crippen molar-refractivity contribution in [1.82, 2.24) is 5.43 Å². The third-order valence-electron chi connectivity index (χ3n) is 3.20. The third-order valence-corrected chi connectivity index (χ3v) is 5.48. The van der Waals surface area contributed by atoms with Gasteiger partial charge in [0.2, 0.25) is 0 Å². The highest BCUT2D eigenvalue weighted by Gasteiger charge is 2.14. The van der Waals surface area contributed by atoms with E-state index in [0.29, 0.717) is 12.8 Å². The Kier molecular flexibility index (Phi) is 6.46. The smallest absolute Gasteiger partial charge is 0.150 e. The zero-order valence-electron chi connectivity index (χ0n) is 11.3. The van der Waals surface area contributed by atoms with Crippen LogP contribution in [0.15, 0.2) is 22.7 Å². The number of halogens is 1. The maximum Gasteiger partial charge on any atom is 0.150 e. The van der Waals surface area contributed by atoms with E-state index in [1.54, 1.807) is 6.92 Å². The summed E-state index contributed by atoms with van der Waals surface area (Å²) in [4.78, 5) is 0. The maximum atomic E-state index is 11.5. The number of hydrogen-bond donors (Lipinski definition) is 2. The number of hydrogen-bond acceptors (Lipinski definition) is 4. The molecular formula is C13H21BrN2O2S. The van der Waals surface area contributed by atoms with Crippen LogP contribution < -0.4 is 11.3 Å². The fourth-order valence-electron chi connectivity index (χ4n) is 2.01. The second kappa shape index (κ2) is 7.38. The molecule has 0 heterocycles. The Morgan fingerprint density at radius 1 is 1.42 bits per heavy atom. The van der Waals surface area contributed by atoms with Gasteiger partial charge in [0.15, 0.2) is 0 Å². The van der Waals surface area contributed by atoms with E-state index in [0.717, 1.165) is 15.6 Å². The summed E-state index contributed by atoms with van der Waals surface area (Å²) in [5, 5.41) is 0. The molecule has 0 fully saturated rings. The highest BCUT2D eigenvalue weighted by atomic mass is 79.9. The molecule has 1 aromatic carbocycles. The number of sulfone groups is 1. The van der Waals surface area contributed by atoms with Crippen molar-refractivity contribution in [3.63, 3.8) is 0 Å². The first-order chi connectivity index (χ1) is 8.89. The van der Waals surface area contributed by atoms with Crippen LogP contribution in [0.25, 0.3) is 0 Å². The summed E-state index contributed by atoms with van der Waals surface area (Å²) >= 11 is 3.42. The van der Waals surface area contributed by atoms with Crippen LogP contribution in [0.5, 0.6) is 0 Å². The molecule has 0 bridgehead atoms. The van der Waals surface area contributed by atoms with Gasteiger partial charge < -0.3 is 0 Å². The lowest BCUT2D eigenvalue weighted by Crippen LogP contribution is -2.29. The van der Waals surface area contributed by atoms with Crippen LogP contribution in [0, 0.1) is 6.92 Å². The van der Waals surface area contributed by atoms with Gasteiger partial charge in [0.05, 0.1) is 5.75 Å². The van der Waals surface area contributed by atoms with Crippen LogP contribution in [-0.2, 0) is 9.84 Å². The van der Waals surface area contributed by atoms with E-state index >= 15 is 0 Å². The number of nitrogens with two attached hydrogens (primary N) is 1. The monoisotopic (exact) mass is 348 g/mol. The summed E-state index contributed by atoms with van der Waals surface area (Å²) < 4.78 is 23.9. The molecule has 0 aromatic heterocycles. The van der Waals surface area contributed by atoms with Crippen LogP contribution >= 0.6 is 15.9 Å². The van der Waals surface area contributed by atoms with Gasteiger partial charge >= 0.3 is 0 Å². The van der Waals surface area contributed by atoms with Crippen molar-refractivity contribution in [2.45, 2.75) is 32.7 Å². The maximum absolute atomic E-state index is 11.5. The van der Waals surface area contributed by atoms with Gasteiger partial charge in [-0.15, -0.1) is 0 Å². The largest absolute Gasteiger partial charge is 0.271 e. The molecule has 108 valence electrons. The van der Waals surface area contributed by atoms with Crippen LogP contribution in [0.1, 0.15) is 36.9 Å². The van der Waals surface area contributed by atoms with Crippen LogP contribution in [0.3, 0.4) is 0 Å². The number of aryl methyl sites for hydroxylation is 1. The van der Waals surface area contributed by atoms with E-state index in [1.165, 1.54) is 0 Å². The van der Waals surface area contributed by atoms with E-state index in [-0.39, 0.29) is 17.5 Å². The quantitative estimate of drug-likeness (QED) is 0.586. The minimum atomic E-state index is -2.90. The van der Waals surface area contributed by atoms with Crippen molar-refractivity contribution in [3.05, 3.63) is 33.8 Å². The van der Waals surface area contributed by atoms with Crippen molar-refractivity contribution in [2.75, 3.05) is 11.5 Å². The molecule has 1 unspecified atom stereocenters. The molecular weight excluding hydrogens is 328 g/mol. The SMILES string of the molecule is CCS(=O)(=O)CCCC(NN)c1ccc(Br)cc1C. The van der Waals surface area contributed by atoms with Crippen molar-refractivity contribution in [2.24, 2.45) is 5.84 Å². The van der Waals surface area contributed by atoms with Gasteiger partial charge in [-0.25, -0.2) is 8.42 Å². The molecule has 0 amide bonds. The average molecular weight is 349 g/mol. The Bertz CT molecular complexity index is 517. The normalized spacial score (nSPS) is 13.5. The molecule has 3 N–H and O–H groups in total. The highest BCUT2D eigenvalue weighted by molar-refractivity contribution is 9.10. The summed E-state index contributed by atoms with van der Waals surface area (Å²) in [5.41, 5.74) is 5.02.